The summed E-state index contributed by atoms with van der Waals surface area (Å²) in [6.07, 6.45) is 3.73. The van der Waals surface area contributed by atoms with Gasteiger partial charge in [-0.15, -0.1) is 0 Å². The maximum absolute atomic E-state index is 12.7. The molecule has 1 aliphatic heterocycles. The summed E-state index contributed by atoms with van der Waals surface area (Å²) in [4.78, 5) is 33.3. The number of carbonyl (C=O) groups is 1. The first-order valence-electron chi connectivity index (χ1n) is 8.48. The molecule has 7 heteroatoms. The van der Waals surface area contributed by atoms with Crippen LogP contribution in [0.3, 0.4) is 0 Å². The lowest BCUT2D eigenvalue weighted by molar-refractivity contribution is 0.0700. The first-order chi connectivity index (χ1) is 11.6. The van der Waals surface area contributed by atoms with Crippen molar-refractivity contribution in [1.29, 1.82) is 0 Å². The summed E-state index contributed by atoms with van der Waals surface area (Å²) in [6, 6.07) is 3.38. The van der Waals surface area contributed by atoms with E-state index in [1.165, 1.54) is 0 Å². The molecule has 24 heavy (non-hydrogen) atoms. The number of aromatic amines is 2. The van der Waals surface area contributed by atoms with Gasteiger partial charge in [-0.05, 0) is 32.3 Å². The van der Waals surface area contributed by atoms with E-state index in [0.717, 1.165) is 37.1 Å². The van der Waals surface area contributed by atoms with Crippen molar-refractivity contribution in [3.05, 3.63) is 45.4 Å². The van der Waals surface area contributed by atoms with Gasteiger partial charge in [0.15, 0.2) is 0 Å². The highest BCUT2D eigenvalue weighted by atomic mass is 16.2. The van der Waals surface area contributed by atoms with Crippen molar-refractivity contribution in [2.75, 3.05) is 13.1 Å². The molecule has 1 atom stereocenters. The molecule has 2 N–H and O–H groups in total. The standard InChI is InChI=1S/C17H23N5O2/c1-3-5-13-8-15(21-20-13)17(24)22-7-4-6-12(10-22)14-9-16(23)19-11(2)18-14/h8-9,12H,3-7,10H2,1-2H3,(H,20,21)(H,18,19,23)/t12-/m1/s1. The van der Waals surface area contributed by atoms with Crippen molar-refractivity contribution in [1.82, 2.24) is 25.1 Å². The fourth-order valence-corrected chi connectivity index (χ4v) is 3.25. The third kappa shape index (κ3) is 3.55. The molecule has 0 unspecified atom stereocenters. The van der Waals surface area contributed by atoms with Gasteiger partial charge in [0, 0.05) is 30.8 Å². The van der Waals surface area contributed by atoms with Crippen LogP contribution in [0, 0.1) is 6.92 Å². The van der Waals surface area contributed by atoms with Crippen molar-refractivity contribution in [2.24, 2.45) is 0 Å². The van der Waals surface area contributed by atoms with E-state index in [4.69, 9.17) is 0 Å². The average Bonchev–Trinajstić information content (AvgIpc) is 3.02. The molecule has 1 amide bonds. The van der Waals surface area contributed by atoms with Crippen LogP contribution >= 0.6 is 0 Å². The Morgan fingerprint density at radius 3 is 3.00 bits per heavy atom. The largest absolute Gasteiger partial charge is 0.337 e. The van der Waals surface area contributed by atoms with Crippen LogP contribution in [0.5, 0.6) is 0 Å². The average molecular weight is 329 g/mol. The summed E-state index contributed by atoms with van der Waals surface area (Å²) in [7, 11) is 0. The minimum atomic E-state index is -0.141. The molecule has 1 fully saturated rings. The number of rotatable bonds is 4. The Morgan fingerprint density at radius 2 is 2.25 bits per heavy atom. The molecule has 0 spiro atoms. The molecule has 1 aliphatic rings. The van der Waals surface area contributed by atoms with Gasteiger partial charge in [-0.3, -0.25) is 14.7 Å². The lowest BCUT2D eigenvalue weighted by Gasteiger charge is -2.32. The SMILES string of the molecule is CCCc1cc(C(=O)N2CCC[C@@H](c3cc(=O)[nH]c(C)n3)C2)n[nH]1. The van der Waals surface area contributed by atoms with E-state index in [9.17, 15) is 9.59 Å². The molecule has 0 aliphatic carbocycles. The van der Waals surface area contributed by atoms with Crippen LogP contribution in [0.4, 0.5) is 0 Å². The van der Waals surface area contributed by atoms with Crippen LogP contribution in [0.25, 0.3) is 0 Å². The van der Waals surface area contributed by atoms with Gasteiger partial charge in [-0.2, -0.15) is 5.10 Å². The van der Waals surface area contributed by atoms with Crippen molar-refractivity contribution in [3.8, 4) is 0 Å². The first-order valence-corrected chi connectivity index (χ1v) is 8.48. The molecule has 0 aromatic carbocycles. The van der Waals surface area contributed by atoms with Crippen LogP contribution in [-0.4, -0.2) is 44.1 Å². The summed E-state index contributed by atoms with van der Waals surface area (Å²) in [5, 5.41) is 7.08. The number of hydrogen-bond acceptors (Lipinski definition) is 4. The Morgan fingerprint density at radius 1 is 1.42 bits per heavy atom. The third-order valence-electron chi connectivity index (χ3n) is 4.38. The van der Waals surface area contributed by atoms with Gasteiger partial charge in [-0.25, -0.2) is 4.98 Å². The Kier molecular flexibility index (Phi) is 4.78. The number of piperidine rings is 1. The number of aryl methyl sites for hydroxylation is 2. The van der Waals surface area contributed by atoms with Gasteiger partial charge in [-0.1, -0.05) is 13.3 Å². The van der Waals surface area contributed by atoms with Crippen LogP contribution in [0.2, 0.25) is 0 Å². The Labute approximate surface area is 140 Å². The number of aromatic nitrogens is 4. The number of likely N-dealkylation sites (tertiary alicyclic amines) is 1. The molecule has 0 saturated carbocycles. The molecule has 128 valence electrons. The van der Waals surface area contributed by atoms with E-state index in [1.807, 2.05) is 11.0 Å². The summed E-state index contributed by atoms with van der Waals surface area (Å²) >= 11 is 0. The number of carbonyl (C=O) groups excluding carboxylic acids is 1. The second-order valence-electron chi connectivity index (χ2n) is 6.37. The molecule has 2 aromatic rings. The van der Waals surface area contributed by atoms with E-state index >= 15 is 0 Å². The van der Waals surface area contributed by atoms with Gasteiger partial charge in [0.2, 0.25) is 0 Å². The number of nitrogens with one attached hydrogen (secondary N) is 2. The molecular formula is C17H23N5O2. The molecule has 3 rings (SSSR count). The van der Waals surface area contributed by atoms with E-state index in [-0.39, 0.29) is 17.4 Å². The van der Waals surface area contributed by atoms with Gasteiger partial charge >= 0.3 is 0 Å². The quantitative estimate of drug-likeness (QED) is 0.894. The van der Waals surface area contributed by atoms with Crippen LogP contribution < -0.4 is 5.56 Å². The van der Waals surface area contributed by atoms with E-state index in [2.05, 4.69) is 27.1 Å². The Balaban J connectivity index is 1.74. The molecule has 3 heterocycles. The predicted octanol–water partition coefficient (Wildman–Crippen LogP) is 1.77. The number of H-pyrrole nitrogens is 2. The van der Waals surface area contributed by atoms with Crippen molar-refractivity contribution in [2.45, 2.75) is 45.4 Å². The Hall–Kier alpha value is -2.44. The first kappa shape index (κ1) is 16.4. The molecule has 0 bridgehead atoms. The molecule has 2 aromatic heterocycles. The lowest BCUT2D eigenvalue weighted by atomic mass is 9.94. The highest BCUT2D eigenvalue weighted by Crippen LogP contribution is 2.25. The molecular weight excluding hydrogens is 306 g/mol. The van der Waals surface area contributed by atoms with Crippen LogP contribution in [-0.2, 0) is 6.42 Å². The zero-order valence-corrected chi connectivity index (χ0v) is 14.1. The summed E-state index contributed by atoms with van der Waals surface area (Å²) in [5.41, 5.74) is 2.08. The number of nitrogens with zero attached hydrogens (tertiary/aromatic N) is 3. The van der Waals surface area contributed by atoms with Gasteiger partial charge in [0.1, 0.15) is 11.5 Å². The third-order valence-corrected chi connectivity index (χ3v) is 4.38. The summed E-state index contributed by atoms with van der Waals surface area (Å²) in [5.74, 6) is 0.648. The van der Waals surface area contributed by atoms with Crippen LogP contribution in [0.1, 0.15) is 59.8 Å². The number of hydrogen-bond donors (Lipinski definition) is 2. The van der Waals surface area contributed by atoms with Gasteiger partial charge < -0.3 is 9.88 Å². The van der Waals surface area contributed by atoms with Crippen molar-refractivity contribution >= 4 is 5.91 Å². The number of amides is 1. The molecule has 1 saturated heterocycles. The summed E-state index contributed by atoms with van der Waals surface area (Å²) in [6.45, 7) is 5.15. The van der Waals surface area contributed by atoms with Crippen LogP contribution in [0.15, 0.2) is 16.9 Å². The van der Waals surface area contributed by atoms with E-state index < -0.39 is 0 Å². The van der Waals surface area contributed by atoms with Gasteiger partial charge in [0.25, 0.3) is 11.5 Å². The minimum Gasteiger partial charge on any atom is -0.337 e. The zero-order chi connectivity index (χ0) is 17.1. The monoisotopic (exact) mass is 329 g/mol. The second-order valence-corrected chi connectivity index (χ2v) is 6.37. The molecule has 0 radical (unpaired) electrons. The maximum atomic E-state index is 12.7. The topological polar surface area (TPSA) is 94.7 Å². The van der Waals surface area contributed by atoms with E-state index in [0.29, 0.717) is 24.6 Å². The van der Waals surface area contributed by atoms with E-state index in [1.54, 1.807) is 13.0 Å². The zero-order valence-electron chi connectivity index (χ0n) is 14.1. The minimum absolute atomic E-state index is 0.0557. The smallest absolute Gasteiger partial charge is 0.274 e. The fraction of sp³-hybridized carbons (Fsp3) is 0.529. The van der Waals surface area contributed by atoms with Crippen molar-refractivity contribution < 1.29 is 4.79 Å². The fourth-order valence-electron chi connectivity index (χ4n) is 3.25. The van der Waals surface area contributed by atoms with Crippen molar-refractivity contribution in [3.63, 3.8) is 0 Å². The van der Waals surface area contributed by atoms with Gasteiger partial charge in [0.05, 0.1) is 5.69 Å². The lowest BCUT2D eigenvalue weighted by Crippen LogP contribution is -2.39. The maximum Gasteiger partial charge on any atom is 0.274 e. The molecule has 7 nitrogen and oxygen atoms in total. The highest BCUT2D eigenvalue weighted by Gasteiger charge is 2.27. The Bertz CT molecular complexity index is 779. The summed E-state index contributed by atoms with van der Waals surface area (Å²) < 4.78 is 0. The highest BCUT2D eigenvalue weighted by molar-refractivity contribution is 5.92. The normalized spacial score (nSPS) is 17.9. The predicted molar refractivity (Wildman–Crippen MR) is 90.1 cm³/mol. The second kappa shape index (κ2) is 6.98.